The molecule has 2 aromatic carbocycles. The summed E-state index contributed by atoms with van der Waals surface area (Å²) in [5, 5.41) is 10.1. The fraction of sp³-hybridized carbons (Fsp3) is 0.350. The quantitative estimate of drug-likeness (QED) is 0.847. The van der Waals surface area contributed by atoms with Gasteiger partial charge < -0.3 is 10.0 Å². The number of hydrogen-bond acceptors (Lipinski definition) is 4. The number of nitrogens with zero attached hydrogens (tertiary/aromatic N) is 2. The van der Waals surface area contributed by atoms with E-state index in [-0.39, 0.29) is 54.2 Å². The fourth-order valence-corrected chi connectivity index (χ4v) is 4.67. The van der Waals surface area contributed by atoms with Crippen LogP contribution >= 0.6 is 0 Å². The molecule has 150 valence electrons. The molecule has 0 atom stereocenters. The van der Waals surface area contributed by atoms with Gasteiger partial charge in [0.15, 0.2) is 0 Å². The first kappa shape index (κ1) is 20.3. The zero-order valence-corrected chi connectivity index (χ0v) is 16.6. The monoisotopic (exact) mass is 406 g/mol. The summed E-state index contributed by atoms with van der Waals surface area (Å²) in [7, 11) is -3.96. The van der Waals surface area contributed by atoms with E-state index in [9.17, 15) is 22.7 Å². The number of halogens is 1. The summed E-state index contributed by atoms with van der Waals surface area (Å²) in [4.78, 5) is 14.0. The predicted molar refractivity (Wildman–Crippen MR) is 103 cm³/mol. The molecule has 0 aliphatic carbocycles. The molecule has 6 nitrogen and oxygen atoms in total. The number of hydrogen-bond donors (Lipinski definition) is 1. The number of sulfonamides is 1. The minimum atomic E-state index is -3.96. The standard InChI is InChI=1S/C20H23FN2O4S/c1-14(2)15-7-8-18(24)16(13-15)20(25)22-9-11-23(12-10-22)28(26,27)19-6-4-3-5-17(19)21/h3-8,13-14,24H,9-12H2,1-2H3. The van der Waals surface area contributed by atoms with Gasteiger partial charge in [-0.25, -0.2) is 12.8 Å². The van der Waals surface area contributed by atoms with Gasteiger partial charge in [0.05, 0.1) is 5.56 Å². The first-order valence-corrected chi connectivity index (χ1v) is 10.5. The topological polar surface area (TPSA) is 77.9 Å². The van der Waals surface area contributed by atoms with E-state index in [1.165, 1.54) is 33.5 Å². The van der Waals surface area contributed by atoms with Crippen LogP contribution in [0.4, 0.5) is 4.39 Å². The van der Waals surface area contributed by atoms with Crippen molar-refractivity contribution in [1.82, 2.24) is 9.21 Å². The Morgan fingerprint density at radius 3 is 2.32 bits per heavy atom. The first-order chi connectivity index (χ1) is 13.2. The Kier molecular flexibility index (Phi) is 5.71. The molecule has 1 fully saturated rings. The lowest BCUT2D eigenvalue weighted by atomic mass is 9.99. The van der Waals surface area contributed by atoms with E-state index in [1.54, 1.807) is 12.1 Å². The SMILES string of the molecule is CC(C)c1ccc(O)c(C(=O)N2CCN(S(=O)(=O)c3ccccc3F)CC2)c1. The average Bonchev–Trinajstić information content (AvgIpc) is 2.68. The molecule has 3 rings (SSSR count). The number of rotatable bonds is 4. The largest absolute Gasteiger partial charge is 0.507 e. The molecule has 0 saturated carbocycles. The van der Waals surface area contributed by atoms with Gasteiger partial charge in [-0.15, -0.1) is 0 Å². The Morgan fingerprint density at radius 2 is 1.71 bits per heavy atom. The van der Waals surface area contributed by atoms with Crippen LogP contribution < -0.4 is 0 Å². The van der Waals surface area contributed by atoms with E-state index in [0.717, 1.165) is 11.6 Å². The highest BCUT2D eigenvalue weighted by Gasteiger charge is 2.32. The van der Waals surface area contributed by atoms with Gasteiger partial charge >= 0.3 is 0 Å². The Balaban J connectivity index is 1.75. The Morgan fingerprint density at radius 1 is 1.07 bits per heavy atom. The zero-order chi connectivity index (χ0) is 20.5. The van der Waals surface area contributed by atoms with Crippen molar-refractivity contribution in [2.24, 2.45) is 0 Å². The number of carbonyl (C=O) groups is 1. The zero-order valence-electron chi connectivity index (χ0n) is 15.8. The second-order valence-corrected chi connectivity index (χ2v) is 8.96. The van der Waals surface area contributed by atoms with Crippen LogP contribution in [0, 0.1) is 5.82 Å². The van der Waals surface area contributed by atoms with Gasteiger partial charge in [0, 0.05) is 26.2 Å². The van der Waals surface area contributed by atoms with Crippen LogP contribution in [-0.2, 0) is 10.0 Å². The third-order valence-electron chi connectivity index (χ3n) is 4.90. The van der Waals surface area contributed by atoms with Crippen molar-refractivity contribution < 1.29 is 22.7 Å². The van der Waals surface area contributed by atoms with Crippen molar-refractivity contribution in [3.05, 3.63) is 59.4 Å². The number of benzene rings is 2. The average molecular weight is 406 g/mol. The highest BCUT2D eigenvalue weighted by Crippen LogP contribution is 2.26. The van der Waals surface area contributed by atoms with Crippen LogP contribution in [0.2, 0.25) is 0 Å². The molecule has 1 aliphatic rings. The molecule has 0 unspecified atom stereocenters. The number of phenols is 1. The van der Waals surface area contributed by atoms with E-state index in [2.05, 4.69) is 0 Å². The van der Waals surface area contributed by atoms with Crippen LogP contribution in [0.15, 0.2) is 47.4 Å². The molecule has 0 aromatic heterocycles. The molecule has 8 heteroatoms. The Bertz CT molecular complexity index is 983. The maximum absolute atomic E-state index is 13.9. The van der Waals surface area contributed by atoms with Gasteiger partial charge in [-0.3, -0.25) is 4.79 Å². The maximum Gasteiger partial charge on any atom is 0.257 e. The summed E-state index contributed by atoms with van der Waals surface area (Å²) in [6.07, 6.45) is 0. The van der Waals surface area contributed by atoms with Crippen LogP contribution in [0.5, 0.6) is 5.75 Å². The number of carbonyl (C=O) groups excluding carboxylic acids is 1. The van der Waals surface area contributed by atoms with E-state index in [1.807, 2.05) is 13.8 Å². The highest BCUT2D eigenvalue weighted by molar-refractivity contribution is 7.89. The van der Waals surface area contributed by atoms with Crippen molar-refractivity contribution in [1.29, 1.82) is 0 Å². The van der Waals surface area contributed by atoms with Crippen LogP contribution in [0.3, 0.4) is 0 Å². The maximum atomic E-state index is 13.9. The summed E-state index contributed by atoms with van der Waals surface area (Å²) < 4.78 is 40.4. The van der Waals surface area contributed by atoms with Crippen LogP contribution in [-0.4, -0.2) is 54.8 Å². The fourth-order valence-electron chi connectivity index (χ4n) is 3.18. The summed E-state index contributed by atoms with van der Waals surface area (Å²) >= 11 is 0. The smallest absolute Gasteiger partial charge is 0.257 e. The van der Waals surface area contributed by atoms with Gasteiger partial charge in [-0.1, -0.05) is 32.0 Å². The molecule has 0 bridgehead atoms. The van der Waals surface area contributed by atoms with E-state index in [0.29, 0.717) is 0 Å². The van der Waals surface area contributed by atoms with Gasteiger partial charge in [0.25, 0.3) is 5.91 Å². The predicted octanol–water partition coefficient (Wildman–Crippen LogP) is 2.80. The number of piperazine rings is 1. The van der Waals surface area contributed by atoms with Gasteiger partial charge in [0.1, 0.15) is 16.5 Å². The Labute approximate surface area is 164 Å². The summed E-state index contributed by atoms with van der Waals surface area (Å²) in [6.45, 7) is 4.44. The lowest BCUT2D eigenvalue weighted by Gasteiger charge is -2.34. The summed E-state index contributed by atoms with van der Waals surface area (Å²) in [5.74, 6) is -1.04. The third-order valence-corrected chi connectivity index (χ3v) is 6.83. The molecule has 1 N–H and O–H groups in total. The van der Waals surface area contributed by atoms with Crippen molar-refractivity contribution in [3.8, 4) is 5.75 Å². The van der Waals surface area contributed by atoms with Crippen LogP contribution in [0.25, 0.3) is 0 Å². The second-order valence-electron chi connectivity index (χ2n) is 7.06. The molecule has 1 heterocycles. The first-order valence-electron chi connectivity index (χ1n) is 9.08. The number of phenolic OH excluding ortho intramolecular Hbond substituents is 1. The molecular weight excluding hydrogens is 383 g/mol. The van der Waals surface area contributed by atoms with Gasteiger partial charge in [-0.2, -0.15) is 4.31 Å². The van der Waals surface area contributed by atoms with E-state index in [4.69, 9.17) is 0 Å². The summed E-state index contributed by atoms with van der Waals surface area (Å²) in [5.41, 5.74) is 1.14. The minimum absolute atomic E-state index is 0.0625. The lowest BCUT2D eigenvalue weighted by Crippen LogP contribution is -2.50. The minimum Gasteiger partial charge on any atom is -0.507 e. The number of amides is 1. The molecule has 28 heavy (non-hydrogen) atoms. The normalized spacial score (nSPS) is 15.8. The molecule has 0 spiro atoms. The van der Waals surface area contributed by atoms with Crippen molar-refractivity contribution in [2.45, 2.75) is 24.7 Å². The summed E-state index contributed by atoms with van der Waals surface area (Å²) in [6, 6.07) is 10.2. The second kappa shape index (κ2) is 7.89. The highest BCUT2D eigenvalue weighted by atomic mass is 32.2. The third kappa shape index (κ3) is 3.88. The Hall–Kier alpha value is -2.45. The van der Waals surface area contributed by atoms with Gasteiger partial charge in [0.2, 0.25) is 10.0 Å². The molecule has 1 saturated heterocycles. The lowest BCUT2D eigenvalue weighted by molar-refractivity contribution is 0.0694. The molecule has 1 amide bonds. The molecule has 0 radical (unpaired) electrons. The molecule has 1 aliphatic heterocycles. The van der Waals surface area contributed by atoms with Crippen molar-refractivity contribution in [3.63, 3.8) is 0 Å². The number of aromatic hydroxyl groups is 1. The van der Waals surface area contributed by atoms with E-state index < -0.39 is 15.8 Å². The molecular formula is C20H23FN2O4S. The van der Waals surface area contributed by atoms with E-state index >= 15 is 0 Å². The molecule has 2 aromatic rings. The van der Waals surface area contributed by atoms with Gasteiger partial charge in [-0.05, 0) is 35.7 Å². The van der Waals surface area contributed by atoms with Crippen molar-refractivity contribution in [2.75, 3.05) is 26.2 Å². The van der Waals surface area contributed by atoms with Crippen molar-refractivity contribution >= 4 is 15.9 Å². The van der Waals surface area contributed by atoms with Crippen LogP contribution in [0.1, 0.15) is 35.7 Å².